The van der Waals surface area contributed by atoms with Crippen molar-refractivity contribution < 1.29 is 4.79 Å². The second-order valence-electron chi connectivity index (χ2n) is 5.87. The van der Waals surface area contributed by atoms with E-state index in [4.69, 9.17) is 0 Å². The van der Waals surface area contributed by atoms with Crippen molar-refractivity contribution in [1.82, 2.24) is 15.2 Å². The summed E-state index contributed by atoms with van der Waals surface area (Å²) in [7, 11) is 3.51. The molecule has 0 spiro atoms. The second kappa shape index (κ2) is 7.41. The first-order valence-electron chi connectivity index (χ1n) is 7.75. The molecule has 1 fully saturated rings. The molecule has 116 valence electrons. The van der Waals surface area contributed by atoms with Crippen molar-refractivity contribution in [2.45, 2.75) is 19.8 Å². The van der Waals surface area contributed by atoms with Crippen LogP contribution in [-0.4, -0.2) is 56.1 Å². The first kappa shape index (κ1) is 15.8. The normalized spacial score (nSPS) is 18.6. The highest BCUT2D eigenvalue weighted by Gasteiger charge is 2.20. The number of anilines is 1. The molecule has 1 N–H and O–H groups in total. The van der Waals surface area contributed by atoms with Gasteiger partial charge in [-0.25, -0.2) is 4.98 Å². The highest BCUT2D eigenvalue weighted by molar-refractivity contribution is 5.93. The molecule has 1 aliphatic rings. The third-order valence-corrected chi connectivity index (χ3v) is 3.93. The maximum atomic E-state index is 11.9. The van der Waals surface area contributed by atoms with Gasteiger partial charge in [0.25, 0.3) is 5.91 Å². The zero-order valence-corrected chi connectivity index (χ0v) is 13.3. The fourth-order valence-electron chi connectivity index (χ4n) is 2.75. The Bertz CT molecular complexity index is 458. The summed E-state index contributed by atoms with van der Waals surface area (Å²) in [5, 5.41) is 3.43. The maximum Gasteiger partial charge on any atom is 0.254 e. The van der Waals surface area contributed by atoms with Gasteiger partial charge in [0.05, 0.1) is 5.56 Å². The van der Waals surface area contributed by atoms with Crippen LogP contribution in [0.2, 0.25) is 0 Å². The lowest BCUT2D eigenvalue weighted by molar-refractivity contribution is 0.0827. The third-order valence-electron chi connectivity index (χ3n) is 3.93. The van der Waals surface area contributed by atoms with Crippen LogP contribution in [0.1, 0.15) is 30.1 Å². The molecule has 0 saturated carbocycles. The van der Waals surface area contributed by atoms with Crippen LogP contribution in [0.25, 0.3) is 0 Å². The lowest BCUT2D eigenvalue weighted by atomic mass is 9.98. The number of nitrogens with zero attached hydrogens (tertiary/aromatic N) is 3. The number of amides is 1. The number of pyridine rings is 1. The standard InChI is InChI=1S/C16H26N4O/c1-4-17-10-13-6-5-9-20(12-13)15-8-7-14(11-18-15)16(21)19(2)3/h7-8,11,13,17H,4-6,9-10,12H2,1-3H3. The molecule has 0 bridgehead atoms. The molecule has 0 radical (unpaired) electrons. The van der Waals surface area contributed by atoms with Crippen LogP contribution in [0.3, 0.4) is 0 Å². The molecule has 2 rings (SSSR count). The molecule has 5 heteroatoms. The Morgan fingerprint density at radius 1 is 1.48 bits per heavy atom. The zero-order chi connectivity index (χ0) is 15.2. The summed E-state index contributed by atoms with van der Waals surface area (Å²) in [4.78, 5) is 20.2. The Hall–Kier alpha value is -1.62. The molecule has 1 amide bonds. The highest BCUT2D eigenvalue weighted by Crippen LogP contribution is 2.21. The Balaban J connectivity index is 1.99. The average molecular weight is 290 g/mol. The fraction of sp³-hybridized carbons (Fsp3) is 0.625. The number of aromatic nitrogens is 1. The fourth-order valence-corrected chi connectivity index (χ4v) is 2.75. The maximum absolute atomic E-state index is 11.9. The van der Waals surface area contributed by atoms with E-state index < -0.39 is 0 Å². The van der Waals surface area contributed by atoms with Crippen LogP contribution in [-0.2, 0) is 0 Å². The van der Waals surface area contributed by atoms with Gasteiger partial charge in [-0.05, 0) is 44.0 Å². The Labute approximate surface area is 127 Å². The summed E-state index contributed by atoms with van der Waals surface area (Å²) in [6.45, 7) is 6.33. The minimum atomic E-state index is -0.00211. The molecule has 1 aromatic heterocycles. The van der Waals surface area contributed by atoms with Gasteiger partial charge in [0, 0.05) is 33.4 Å². The van der Waals surface area contributed by atoms with Crippen molar-refractivity contribution in [2.75, 3.05) is 45.2 Å². The van der Waals surface area contributed by atoms with Gasteiger partial charge < -0.3 is 15.1 Å². The van der Waals surface area contributed by atoms with Crippen molar-refractivity contribution in [3.8, 4) is 0 Å². The van der Waals surface area contributed by atoms with E-state index in [2.05, 4.69) is 22.1 Å². The molecule has 1 unspecified atom stereocenters. The molecule has 1 aliphatic heterocycles. The van der Waals surface area contributed by atoms with Crippen LogP contribution >= 0.6 is 0 Å². The molecule has 1 atom stereocenters. The summed E-state index contributed by atoms with van der Waals surface area (Å²) in [5.41, 5.74) is 0.643. The van der Waals surface area contributed by atoms with Gasteiger partial charge in [0.15, 0.2) is 0 Å². The number of carbonyl (C=O) groups excluding carboxylic acids is 1. The van der Waals surface area contributed by atoms with Gasteiger partial charge in [0.1, 0.15) is 5.82 Å². The zero-order valence-electron chi connectivity index (χ0n) is 13.3. The molecule has 5 nitrogen and oxygen atoms in total. The minimum absolute atomic E-state index is 0.00211. The Morgan fingerprint density at radius 3 is 2.90 bits per heavy atom. The first-order chi connectivity index (χ1) is 10.1. The van der Waals surface area contributed by atoms with E-state index >= 15 is 0 Å². The number of hydrogen-bond acceptors (Lipinski definition) is 4. The first-order valence-corrected chi connectivity index (χ1v) is 7.75. The molecular weight excluding hydrogens is 264 g/mol. The van der Waals surface area contributed by atoms with Crippen molar-refractivity contribution in [3.63, 3.8) is 0 Å². The number of hydrogen-bond donors (Lipinski definition) is 1. The largest absolute Gasteiger partial charge is 0.356 e. The quantitative estimate of drug-likeness (QED) is 0.895. The lowest BCUT2D eigenvalue weighted by Crippen LogP contribution is -2.40. The van der Waals surface area contributed by atoms with Gasteiger partial charge in [-0.15, -0.1) is 0 Å². The monoisotopic (exact) mass is 290 g/mol. The van der Waals surface area contributed by atoms with E-state index in [0.717, 1.165) is 32.0 Å². The summed E-state index contributed by atoms with van der Waals surface area (Å²) in [6.07, 6.45) is 4.17. The highest BCUT2D eigenvalue weighted by atomic mass is 16.2. The smallest absolute Gasteiger partial charge is 0.254 e. The van der Waals surface area contributed by atoms with Gasteiger partial charge in [-0.1, -0.05) is 6.92 Å². The SMILES string of the molecule is CCNCC1CCCN(c2ccc(C(=O)N(C)C)cn2)C1. The average Bonchev–Trinajstić information content (AvgIpc) is 2.52. The van der Waals surface area contributed by atoms with Crippen molar-refractivity contribution in [3.05, 3.63) is 23.9 Å². The van der Waals surface area contributed by atoms with Gasteiger partial charge in [-0.3, -0.25) is 4.79 Å². The van der Waals surface area contributed by atoms with Gasteiger partial charge in [0.2, 0.25) is 0 Å². The van der Waals surface area contributed by atoms with Crippen molar-refractivity contribution in [2.24, 2.45) is 5.92 Å². The number of piperidine rings is 1. The summed E-state index contributed by atoms with van der Waals surface area (Å²) in [6, 6.07) is 3.84. The molecule has 21 heavy (non-hydrogen) atoms. The van der Waals surface area contributed by atoms with Crippen LogP contribution in [0.5, 0.6) is 0 Å². The molecule has 0 aliphatic carbocycles. The second-order valence-corrected chi connectivity index (χ2v) is 5.87. The number of nitrogens with one attached hydrogen (secondary N) is 1. The third kappa shape index (κ3) is 4.17. The van der Waals surface area contributed by atoms with E-state index in [-0.39, 0.29) is 5.91 Å². The van der Waals surface area contributed by atoms with Crippen molar-refractivity contribution >= 4 is 11.7 Å². The lowest BCUT2D eigenvalue weighted by Gasteiger charge is -2.33. The van der Waals surface area contributed by atoms with Crippen LogP contribution < -0.4 is 10.2 Å². The molecular formula is C16H26N4O. The van der Waals surface area contributed by atoms with Gasteiger partial charge in [-0.2, -0.15) is 0 Å². The summed E-state index contributed by atoms with van der Waals surface area (Å²) < 4.78 is 0. The Kier molecular flexibility index (Phi) is 5.56. The van der Waals surface area contributed by atoms with E-state index in [1.54, 1.807) is 25.2 Å². The van der Waals surface area contributed by atoms with E-state index in [0.29, 0.717) is 11.5 Å². The van der Waals surface area contributed by atoms with Gasteiger partial charge >= 0.3 is 0 Å². The predicted molar refractivity (Wildman–Crippen MR) is 85.7 cm³/mol. The molecule has 1 saturated heterocycles. The Morgan fingerprint density at radius 2 is 2.29 bits per heavy atom. The molecule has 0 aromatic carbocycles. The topological polar surface area (TPSA) is 48.5 Å². The molecule has 1 aromatic rings. The predicted octanol–water partition coefficient (Wildman–Crippen LogP) is 1.61. The van der Waals surface area contributed by atoms with Crippen LogP contribution in [0.15, 0.2) is 18.3 Å². The van der Waals surface area contributed by atoms with E-state index in [1.165, 1.54) is 12.8 Å². The summed E-state index contributed by atoms with van der Waals surface area (Å²) >= 11 is 0. The van der Waals surface area contributed by atoms with Crippen LogP contribution in [0.4, 0.5) is 5.82 Å². The minimum Gasteiger partial charge on any atom is -0.356 e. The summed E-state index contributed by atoms with van der Waals surface area (Å²) in [5.74, 6) is 1.66. The molecule has 2 heterocycles. The van der Waals surface area contributed by atoms with E-state index in [9.17, 15) is 4.79 Å². The number of carbonyl (C=O) groups is 1. The number of rotatable bonds is 5. The van der Waals surface area contributed by atoms with E-state index in [1.807, 2.05) is 12.1 Å². The van der Waals surface area contributed by atoms with Crippen LogP contribution in [0, 0.1) is 5.92 Å². The van der Waals surface area contributed by atoms with Crippen molar-refractivity contribution in [1.29, 1.82) is 0 Å².